The van der Waals surface area contributed by atoms with Crippen molar-refractivity contribution in [2.24, 2.45) is 0 Å². The van der Waals surface area contributed by atoms with Gasteiger partial charge in [0.25, 0.3) is 0 Å². The third-order valence-electron chi connectivity index (χ3n) is 0.743. The molecular weight excluding hydrogens is 112 g/mol. The van der Waals surface area contributed by atoms with Crippen LogP contribution in [-0.4, -0.2) is 21.9 Å². The normalized spacial score (nSPS) is 11.4. The van der Waals surface area contributed by atoms with Crippen molar-refractivity contribution in [3.8, 4) is 0 Å². The summed E-state index contributed by atoms with van der Waals surface area (Å²) in [5.74, 6) is -1.19. The van der Waals surface area contributed by atoms with Crippen molar-refractivity contribution < 1.29 is 20.0 Å². The zero-order chi connectivity index (χ0) is 6.78. The lowest BCUT2D eigenvalue weighted by Gasteiger charge is -2.12. The third kappa shape index (κ3) is 1.48. The van der Waals surface area contributed by atoms with E-state index < -0.39 is 11.6 Å². The first-order valence-electron chi connectivity index (χ1n) is 2.06. The third-order valence-corrected chi connectivity index (χ3v) is 0.743. The molecule has 0 aliphatic carbocycles. The van der Waals surface area contributed by atoms with Crippen molar-refractivity contribution in [2.45, 2.75) is 19.4 Å². The quantitative estimate of drug-likeness (QED) is 0.407. The van der Waals surface area contributed by atoms with Gasteiger partial charge in [-0.25, -0.2) is 9.68 Å². The Labute approximate surface area is 46.6 Å². The van der Waals surface area contributed by atoms with E-state index >= 15 is 0 Å². The van der Waals surface area contributed by atoms with E-state index in [1.807, 2.05) is 0 Å². The van der Waals surface area contributed by atoms with Gasteiger partial charge < -0.3 is 5.11 Å². The number of carbonyl (C=O) groups is 1. The molecule has 0 amide bonds. The van der Waals surface area contributed by atoms with Crippen molar-refractivity contribution in [1.82, 2.24) is 0 Å². The first-order chi connectivity index (χ1) is 3.50. The van der Waals surface area contributed by atoms with Gasteiger partial charge >= 0.3 is 5.97 Å². The van der Waals surface area contributed by atoms with E-state index in [0.29, 0.717) is 0 Å². The minimum absolute atomic E-state index is 1.19. The molecule has 0 rings (SSSR count). The van der Waals surface area contributed by atoms with Gasteiger partial charge in [-0.15, -0.1) is 0 Å². The van der Waals surface area contributed by atoms with Gasteiger partial charge in [-0.2, -0.15) is 0 Å². The maximum absolute atomic E-state index is 9.97. The molecule has 0 bridgehead atoms. The minimum atomic E-state index is -1.49. The summed E-state index contributed by atoms with van der Waals surface area (Å²) < 4.78 is 0. The van der Waals surface area contributed by atoms with Crippen LogP contribution in [0.3, 0.4) is 0 Å². The molecule has 0 heterocycles. The van der Waals surface area contributed by atoms with E-state index in [2.05, 4.69) is 4.89 Å². The van der Waals surface area contributed by atoms with Crippen LogP contribution in [0.4, 0.5) is 0 Å². The Balaban J connectivity index is 3.91. The van der Waals surface area contributed by atoms with E-state index in [-0.39, 0.29) is 0 Å². The molecule has 0 atom stereocenters. The van der Waals surface area contributed by atoms with Gasteiger partial charge in [0.15, 0.2) is 5.60 Å². The van der Waals surface area contributed by atoms with Crippen LogP contribution in [0, 0.1) is 0 Å². The first-order valence-corrected chi connectivity index (χ1v) is 2.06. The number of carboxylic acids is 1. The standard InChI is InChI=1S/C4H8O4/c1-4(2,8-7)3(5)6/h7H,1-2H3,(H,5,6). The highest BCUT2D eigenvalue weighted by Gasteiger charge is 2.27. The highest BCUT2D eigenvalue weighted by molar-refractivity contribution is 5.76. The Morgan fingerprint density at radius 3 is 2.00 bits per heavy atom. The molecule has 0 unspecified atom stereocenters. The van der Waals surface area contributed by atoms with Crippen LogP contribution >= 0.6 is 0 Å². The smallest absolute Gasteiger partial charge is 0.338 e. The molecule has 0 saturated heterocycles. The summed E-state index contributed by atoms with van der Waals surface area (Å²) in [7, 11) is 0. The van der Waals surface area contributed by atoms with Crippen LogP contribution in [0.25, 0.3) is 0 Å². The molecule has 0 aromatic rings. The topological polar surface area (TPSA) is 66.8 Å². The SMILES string of the molecule is CC(C)(OO)C(=O)O. The minimum Gasteiger partial charge on any atom is -0.479 e. The first kappa shape index (κ1) is 7.39. The number of aliphatic carboxylic acids is 1. The summed E-state index contributed by atoms with van der Waals surface area (Å²) in [6.07, 6.45) is 0. The molecule has 4 heteroatoms. The summed E-state index contributed by atoms with van der Waals surface area (Å²) in [5.41, 5.74) is -1.49. The molecule has 0 aliphatic heterocycles. The van der Waals surface area contributed by atoms with E-state index in [0.717, 1.165) is 0 Å². The average molecular weight is 120 g/mol. The summed E-state index contributed by atoms with van der Waals surface area (Å²) >= 11 is 0. The Hall–Kier alpha value is -0.610. The van der Waals surface area contributed by atoms with Crippen molar-refractivity contribution in [3.05, 3.63) is 0 Å². The van der Waals surface area contributed by atoms with E-state index in [1.54, 1.807) is 0 Å². The number of hydrogen-bond donors (Lipinski definition) is 2. The fraction of sp³-hybridized carbons (Fsp3) is 0.750. The van der Waals surface area contributed by atoms with Gasteiger partial charge in [-0.05, 0) is 13.8 Å². The summed E-state index contributed by atoms with van der Waals surface area (Å²) in [4.78, 5) is 13.6. The molecule has 0 spiro atoms. The lowest BCUT2D eigenvalue weighted by Crippen LogP contribution is -2.33. The zero-order valence-electron chi connectivity index (χ0n) is 4.71. The summed E-state index contributed by atoms with van der Waals surface area (Å²) in [5, 5.41) is 16.0. The van der Waals surface area contributed by atoms with Crippen LogP contribution < -0.4 is 0 Å². The number of rotatable bonds is 2. The Kier molecular flexibility index (Phi) is 1.94. The molecule has 8 heavy (non-hydrogen) atoms. The van der Waals surface area contributed by atoms with Crippen LogP contribution in [0.15, 0.2) is 0 Å². The van der Waals surface area contributed by atoms with Crippen molar-refractivity contribution in [2.75, 3.05) is 0 Å². The second-order valence-corrected chi connectivity index (χ2v) is 1.91. The van der Waals surface area contributed by atoms with Gasteiger partial charge in [-0.3, -0.25) is 5.26 Å². The molecule has 48 valence electrons. The highest BCUT2D eigenvalue weighted by atomic mass is 17.1. The predicted molar refractivity (Wildman–Crippen MR) is 25.4 cm³/mol. The fourth-order valence-electron chi connectivity index (χ4n) is 0.0390. The fourth-order valence-corrected chi connectivity index (χ4v) is 0.0390. The molecule has 0 aromatic carbocycles. The lowest BCUT2D eigenvalue weighted by atomic mass is 10.1. The predicted octanol–water partition coefficient (Wildman–Crippen LogP) is 0.339. The van der Waals surface area contributed by atoms with Crippen LogP contribution in [0.1, 0.15) is 13.8 Å². The second kappa shape index (κ2) is 2.11. The maximum atomic E-state index is 9.97. The molecule has 0 aromatic heterocycles. The van der Waals surface area contributed by atoms with Gasteiger partial charge in [-0.1, -0.05) is 0 Å². The summed E-state index contributed by atoms with van der Waals surface area (Å²) in [6, 6.07) is 0. The van der Waals surface area contributed by atoms with E-state index in [1.165, 1.54) is 13.8 Å². The second-order valence-electron chi connectivity index (χ2n) is 1.91. The van der Waals surface area contributed by atoms with Gasteiger partial charge in [0, 0.05) is 0 Å². The van der Waals surface area contributed by atoms with Gasteiger partial charge in [0.2, 0.25) is 0 Å². The zero-order valence-corrected chi connectivity index (χ0v) is 4.71. The van der Waals surface area contributed by atoms with Crippen LogP contribution in [0.2, 0.25) is 0 Å². The van der Waals surface area contributed by atoms with Gasteiger partial charge in [0.05, 0.1) is 0 Å². The highest BCUT2D eigenvalue weighted by Crippen LogP contribution is 2.05. The Bertz CT molecular complexity index is 96.2. The molecule has 0 aliphatic rings. The van der Waals surface area contributed by atoms with Crippen molar-refractivity contribution >= 4 is 5.97 Å². The maximum Gasteiger partial charge on any atom is 0.338 e. The average Bonchev–Trinajstić information content (AvgIpc) is 1.67. The number of carboxylic acid groups (broad SMARTS) is 1. The Morgan fingerprint density at radius 2 is 2.00 bits per heavy atom. The molecule has 0 saturated carbocycles. The molecule has 4 nitrogen and oxygen atoms in total. The monoisotopic (exact) mass is 120 g/mol. The Morgan fingerprint density at radius 1 is 1.62 bits per heavy atom. The van der Waals surface area contributed by atoms with Crippen molar-refractivity contribution in [1.29, 1.82) is 0 Å². The van der Waals surface area contributed by atoms with Crippen LogP contribution in [-0.2, 0) is 9.68 Å². The van der Waals surface area contributed by atoms with Crippen LogP contribution in [0.5, 0.6) is 0 Å². The van der Waals surface area contributed by atoms with Crippen molar-refractivity contribution in [3.63, 3.8) is 0 Å². The number of hydrogen-bond acceptors (Lipinski definition) is 3. The molecular formula is C4H8O4. The summed E-state index contributed by atoms with van der Waals surface area (Å²) in [6.45, 7) is 2.49. The molecule has 0 radical (unpaired) electrons. The van der Waals surface area contributed by atoms with E-state index in [4.69, 9.17) is 10.4 Å². The van der Waals surface area contributed by atoms with E-state index in [9.17, 15) is 4.79 Å². The lowest BCUT2D eigenvalue weighted by molar-refractivity contribution is -0.306. The molecule has 2 N–H and O–H groups in total. The molecule has 0 fully saturated rings. The largest absolute Gasteiger partial charge is 0.479 e. The van der Waals surface area contributed by atoms with Gasteiger partial charge in [0.1, 0.15) is 0 Å².